The third-order valence-corrected chi connectivity index (χ3v) is 3.24. The van der Waals surface area contributed by atoms with Gasteiger partial charge in [0.05, 0.1) is 13.2 Å². The van der Waals surface area contributed by atoms with Crippen LogP contribution in [0, 0.1) is 0 Å². The molecule has 1 aromatic rings. The zero-order valence-corrected chi connectivity index (χ0v) is 12.4. The standard InChI is InChI=1S/C15H16N2O5/c1-3-16-13(19)14(20)17(15(16)21)9-12(18)10-5-7-11(8-6-10)22-4-2/h5-8H,3-4,9H2,1-2H3. The largest absolute Gasteiger partial charge is 0.494 e. The summed E-state index contributed by atoms with van der Waals surface area (Å²) in [5.74, 6) is -1.66. The first-order valence-electron chi connectivity index (χ1n) is 6.93. The zero-order valence-electron chi connectivity index (χ0n) is 12.4. The zero-order chi connectivity index (χ0) is 16.3. The second kappa shape index (κ2) is 6.38. The van der Waals surface area contributed by atoms with Crippen molar-refractivity contribution in [2.45, 2.75) is 13.8 Å². The van der Waals surface area contributed by atoms with Gasteiger partial charge in [-0.2, -0.15) is 0 Å². The molecule has 2 rings (SSSR count). The van der Waals surface area contributed by atoms with Gasteiger partial charge < -0.3 is 4.74 Å². The van der Waals surface area contributed by atoms with E-state index >= 15 is 0 Å². The normalized spacial score (nSPS) is 14.7. The van der Waals surface area contributed by atoms with Gasteiger partial charge in [0.1, 0.15) is 5.75 Å². The van der Waals surface area contributed by atoms with Crippen LogP contribution in [0.1, 0.15) is 24.2 Å². The third-order valence-electron chi connectivity index (χ3n) is 3.24. The fourth-order valence-electron chi connectivity index (χ4n) is 2.11. The Labute approximate surface area is 127 Å². The summed E-state index contributed by atoms with van der Waals surface area (Å²) in [4.78, 5) is 48.8. The molecule has 0 spiro atoms. The number of rotatable bonds is 6. The molecule has 0 bridgehead atoms. The van der Waals surface area contributed by atoms with Gasteiger partial charge in [-0.25, -0.2) is 9.69 Å². The predicted molar refractivity (Wildman–Crippen MR) is 76.4 cm³/mol. The molecule has 1 fully saturated rings. The van der Waals surface area contributed by atoms with E-state index in [1.165, 1.54) is 0 Å². The van der Waals surface area contributed by atoms with E-state index in [4.69, 9.17) is 4.74 Å². The number of hydrogen-bond acceptors (Lipinski definition) is 5. The quantitative estimate of drug-likeness (QED) is 0.446. The molecule has 0 saturated carbocycles. The van der Waals surface area contributed by atoms with Crippen molar-refractivity contribution in [3.63, 3.8) is 0 Å². The van der Waals surface area contributed by atoms with Crippen molar-refractivity contribution in [2.75, 3.05) is 19.7 Å². The number of likely N-dealkylation sites (N-methyl/N-ethyl adjacent to an activating group) is 1. The fraction of sp³-hybridized carbons (Fsp3) is 0.333. The van der Waals surface area contributed by atoms with Gasteiger partial charge in [-0.05, 0) is 38.1 Å². The maximum Gasteiger partial charge on any atom is 0.334 e. The second-order valence-corrected chi connectivity index (χ2v) is 4.60. The minimum atomic E-state index is -0.967. The molecule has 1 aliphatic heterocycles. The van der Waals surface area contributed by atoms with Crippen LogP contribution in [0.4, 0.5) is 4.79 Å². The van der Waals surface area contributed by atoms with Crippen LogP contribution < -0.4 is 4.74 Å². The van der Waals surface area contributed by atoms with Crippen molar-refractivity contribution in [3.05, 3.63) is 29.8 Å². The average Bonchev–Trinajstić information content (AvgIpc) is 2.71. The molecule has 116 valence electrons. The number of hydrogen-bond donors (Lipinski definition) is 0. The van der Waals surface area contributed by atoms with E-state index in [0.29, 0.717) is 22.8 Å². The Balaban J connectivity index is 2.10. The summed E-state index contributed by atoms with van der Waals surface area (Å²) in [7, 11) is 0. The SMILES string of the molecule is CCOc1ccc(C(=O)CN2C(=O)C(=O)N(CC)C2=O)cc1. The molecule has 0 atom stereocenters. The lowest BCUT2D eigenvalue weighted by Crippen LogP contribution is -2.36. The topological polar surface area (TPSA) is 84.0 Å². The lowest BCUT2D eigenvalue weighted by atomic mass is 10.1. The number of nitrogens with zero attached hydrogens (tertiary/aromatic N) is 2. The highest BCUT2D eigenvalue weighted by atomic mass is 16.5. The van der Waals surface area contributed by atoms with Crippen molar-refractivity contribution in [1.82, 2.24) is 9.80 Å². The van der Waals surface area contributed by atoms with Crippen LogP contribution in [0.25, 0.3) is 0 Å². The van der Waals surface area contributed by atoms with E-state index in [1.54, 1.807) is 31.2 Å². The second-order valence-electron chi connectivity index (χ2n) is 4.60. The molecule has 1 heterocycles. The van der Waals surface area contributed by atoms with Crippen LogP contribution in [-0.4, -0.2) is 53.1 Å². The molecule has 0 aromatic heterocycles. The summed E-state index contributed by atoms with van der Waals surface area (Å²) in [6, 6.07) is 5.62. The predicted octanol–water partition coefficient (Wildman–Crippen LogP) is 1.08. The van der Waals surface area contributed by atoms with Crippen molar-refractivity contribution in [2.24, 2.45) is 0 Å². The molecule has 1 aliphatic rings. The summed E-state index contributed by atoms with van der Waals surface area (Å²) in [5, 5.41) is 0. The molecular formula is C15H16N2O5. The number of amides is 4. The number of benzene rings is 1. The van der Waals surface area contributed by atoms with Crippen LogP contribution in [0.3, 0.4) is 0 Å². The monoisotopic (exact) mass is 304 g/mol. The summed E-state index contributed by atoms with van der Waals surface area (Å²) >= 11 is 0. The van der Waals surface area contributed by atoms with E-state index in [2.05, 4.69) is 0 Å². The number of Topliss-reactive ketones (excluding diaryl/α,β-unsaturated/α-hetero) is 1. The first-order chi connectivity index (χ1) is 10.5. The first-order valence-corrected chi connectivity index (χ1v) is 6.93. The molecule has 1 aromatic carbocycles. The Morgan fingerprint density at radius 2 is 1.59 bits per heavy atom. The maximum atomic E-state index is 12.1. The van der Waals surface area contributed by atoms with Crippen LogP contribution in [0.2, 0.25) is 0 Å². The van der Waals surface area contributed by atoms with Gasteiger partial charge in [0, 0.05) is 12.1 Å². The minimum absolute atomic E-state index is 0.0944. The van der Waals surface area contributed by atoms with E-state index in [9.17, 15) is 19.2 Å². The molecule has 7 nitrogen and oxygen atoms in total. The average molecular weight is 304 g/mol. The molecule has 7 heteroatoms. The van der Waals surface area contributed by atoms with Crippen molar-refractivity contribution >= 4 is 23.6 Å². The Kier molecular flexibility index (Phi) is 4.55. The van der Waals surface area contributed by atoms with Gasteiger partial charge >= 0.3 is 17.8 Å². The molecule has 0 N–H and O–H groups in total. The highest BCUT2D eigenvalue weighted by Gasteiger charge is 2.44. The van der Waals surface area contributed by atoms with E-state index in [-0.39, 0.29) is 6.54 Å². The Hall–Kier alpha value is -2.70. The van der Waals surface area contributed by atoms with Crippen LogP contribution in [-0.2, 0) is 9.59 Å². The smallest absolute Gasteiger partial charge is 0.334 e. The number of ether oxygens (including phenoxy) is 1. The molecular weight excluding hydrogens is 288 g/mol. The maximum absolute atomic E-state index is 12.1. The number of ketones is 1. The van der Waals surface area contributed by atoms with Gasteiger partial charge in [-0.1, -0.05) is 0 Å². The highest BCUT2D eigenvalue weighted by molar-refractivity contribution is 6.45. The van der Waals surface area contributed by atoms with Crippen LogP contribution in [0.5, 0.6) is 5.75 Å². The van der Waals surface area contributed by atoms with Crippen molar-refractivity contribution < 1.29 is 23.9 Å². The van der Waals surface area contributed by atoms with Crippen LogP contribution >= 0.6 is 0 Å². The Bertz CT molecular complexity index is 623. The van der Waals surface area contributed by atoms with E-state index in [0.717, 1.165) is 4.90 Å². The number of imide groups is 2. The van der Waals surface area contributed by atoms with Crippen LogP contribution in [0.15, 0.2) is 24.3 Å². The molecule has 0 radical (unpaired) electrons. The molecule has 22 heavy (non-hydrogen) atoms. The minimum Gasteiger partial charge on any atom is -0.494 e. The third kappa shape index (κ3) is 2.83. The van der Waals surface area contributed by atoms with Gasteiger partial charge in [-0.15, -0.1) is 0 Å². The fourth-order valence-corrected chi connectivity index (χ4v) is 2.11. The molecule has 1 saturated heterocycles. The summed E-state index contributed by atoms with van der Waals surface area (Å²) in [6.45, 7) is 3.59. The van der Waals surface area contributed by atoms with E-state index in [1.807, 2.05) is 6.92 Å². The molecule has 4 amide bonds. The summed E-state index contributed by atoms with van der Waals surface area (Å²) < 4.78 is 5.27. The lowest BCUT2D eigenvalue weighted by Gasteiger charge is -2.13. The van der Waals surface area contributed by atoms with Crippen molar-refractivity contribution in [1.29, 1.82) is 0 Å². The summed E-state index contributed by atoms with van der Waals surface area (Å²) in [5.41, 5.74) is 0.339. The number of urea groups is 1. The lowest BCUT2D eigenvalue weighted by molar-refractivity contribution is -0.143. The Morgan fingerprint density at radius 1 is 1.00 bits per heavy atom. The first kappa shape index (κ1) is 15.7. The molecule has 0 unspecified atom stereocenters. The van der Waals surface area contributed by atoms with Gasteiger partial charge in [0.15, 0.2) is 5.78 Å². The number of carbonyl (C=O) groups excluding carboxylic acids is 4. The highest BCUT2D eigenvalue weighted by Crippen LogP contribution is 2.15. The van der Waals surface area contributed by atoms with Crippen molar-refractivity contribution in [3.8, 4) is 5.75 Å². The van der Waals surface area contributed by atoms with Gasteiger partial charge in [-0.3, -0.25) is 19.3 Å². The summed E-state index contributed by atoms with van der Waals surface area (Å²) in [6.07, 6.45) is 0. The Morgan fingerprint density at radius 3 is 2.09 bits per heavy atom. The van der Waals surface area contributed by atoms with E-state index < -0.39 is 30.2 Å². The van der Waals surface area contributed by atoms with Gasteiger partial charge in [0.2, 0.25) is 0 Å². The number of carbonyl (C=O) groups is 4. The molecule has 0 aliphatic carbocycles. The van der Waals surface area contributed by atoms with Gasteiger partial charge in [0.25, 0.3) is 0 Å².